The van der Waals surface area contributed by atoms with Crippen LogP contribution in [0.4, 0.5) is 0 Å². The number of amides is 2. The minimum absolute atomic E-state index is 0.0189. The van der Waals surface area contributed by atoms with Crippen LogP contribution in [0.15, 0.2) is 29.8 Å². The fourth-order valence-electron chi connectivity index (χ4n) is 5.41. The van der Waals surface area contributed by atoms with Crippen molar-refractivity contribution in [1.29, 1.82) is 0 Å². The molecule has 1 atom stereocenters. The fraction of sp³-hybridized carbons (Fsp3) is 0.452. The summed E-state index contributed by atoms with van der Waals surface area (Å²) in [5.41, 5.74) is 2.81. The highest BCUT2D eigenvalue weighted by molar-refractivity contribution is 6.01. The Balaban J connectivity index is 1.62. The summed E-state index contributed by atoms with van der Waals surface area (Å²) in [7, 11) is 7.59. The minimum Gasteiger partial charge on any atom is -0.493 e. The molecule has 0 N–H and O–H groups in total. The number of hydrogen-bond donors (Lipinski definition) is 0. The normalized spacial score (nSPS) is 16.4. The number of fused-ring (bicyclic) bond motifs is 1. The van der Waals surface area contributed by atoms with E-state index in [4.69, 9.17) is 28.4 Å². The molecule has 42 heavy (non-hydrogen) atoms. The molecule has 1 heterocycles. The van der Waals surface area contributed by atoms with Crippen molar-refractivity contribution in [3.05, 3.63) is 46.5 Å². The van der Waals surface area contributed by atoms with Gasteiger partial charge in [-0.25, -0.2) is 4.79 Å². The molecule has 0 aromatic heterocycles. The van der Waals surface area contributed by atoms with E-state index in [-0.39, 0.29) is 38.1 Å². The van der Waals surface area contributed by atoms with Crippen LogP contribution in [0.1, 0.15) is 41.3 Å². The fourth-order valence-corrected chi connectivity index (χ4v) is 5.41. The molecular weight excluding hydrogens is 544 g/mol. The highest BCUT2D eigenvalue weighted by Crippen LogP contribution is 2.39. The number of carbonyl (C=O) groups excluding carboxylic acids is 3. The number of piperazine rings is 1. The van der Waals surface area contributed by atoms with Gasteiger partial charge in [0.15, 0.2) is 23.0 Å². The molecule has 2 amide bonds. The van der Waals surface area contributed by atoms with Crippen molar-refractivity contribution < 1.29 is 42.8 Å². The van der Waals surface area contributed by atoms with E-state index in [9.17, 15) is 14.4 Å². The molecule has 11 heteroatoms. The Bertz CT molecular complexity index is 1350. The molecule has 0 bridgehead atoms. The van der Waals surface area contributed by atoms with Gasteiger partial charge >= 0.3 is 5.97 Å². The second-order valence-electron chi connectivity index (χ2n) is 9.86. The molecule has 11 nitrogen and oxygen atoms in total. The zero-order chi connectivity index (χ0) is 30.4. The third-order valence-electron chi connectivity index (χ3n) is 7.54. The molecule has 4 rings (SSSR count). The molecular formula is C31H38N2O9. The minimum atomic E-state index is -0.966. The molecule has 1 saturated heterocycles. The van der Waals surface area contributed by atoms with E-state index >= 15 is 0 Å². The number of hydrogen-bond acceptors (Lipinski definition) is 9. The van der Waals surface area contributed by atoms with Gasteiger partial charge in [-0.2, -0.15) is 0 Å². The maximum absolute atomic E-state index is 13.9. The summed E-state index contributed by atoms with van der Waals surface area (Å²) < 4.78 is 32.4. The number of aryl methyl sites for hydroxylation is 1. The highest BCUT2D eigenvalue weighted by Gasteiger charge is 2.39. The molecule has 226 valence electrons. The first kappa shape index (κ1) is 30.5. The second kappa shape index (κ2) is 13.5. The van der Waals surface area contributed by atoms with Crippen molar-refractivity contribution in [1.82, 2.24) is 9.80 Å². The Kier molecular flexibility index (Phi) is 9.82. The van der Waals surface area contributed by atoms with Crippen molar-refractivity contribution in [2.24, 2.45) is 0 Å². The summed E-state index contributed by atoms with van der Waals surface area (Å²) in [6, 6.07) is 5.97. The number of benzene rings is 2. The largest absolute Gasteiger partial charge is 0.493 e. The molecule has 2 aliphatic rings. The molecule has 0 spiro atoms. The van der Waals surface area contributed by atoms with Crippen LogP contribution in [-0.4, -0.2) is 95.4 Å². The van der Waals surface area contributed by atoms with Crippen LogP contribution in [0.3, 0.4) is 0 Å². The number of rotatable bonds is 9. The monoisotopic (exact) mass is 582 g/mol. The van der Waals surface area contributed by atoms with Gasteiger partial charge in [0.2, 0.25) is 5.75 Å². The molecule has 0 radical (unpaired) electrons. The van der Waals surface area contributed by atoms with Crippen molar-refractivity contribution in [2.75, 3.05) is 61.8 Å². The van der Waals surface area contributed by atoms with Gasteiger partial charge in [0.25, 0.3) is 11.8 Å². The van der Waals surface area contributed by atoms with E-state index in [1.54, 1.807) is 38.2 Å². The predicted octanol–water partition coefficient (Wildman–Crippen LogP) is 3.37. The first-order valence-electron chi connectivity index (χ1n) is 13.8. The summed E-state index contributed by atoms with van der Waals surface area (Å²) in [6.45, 7) is 2.23. The van der Waals surface area contributed by atoms with E-state index in [1.165, 1.54) is 26.2 Å². The van der Waals surface area contributed by atoms with Gasteiger partial charge in [-0.1, -0.05) is 0 Å². The first-order chi connectivity index (χ1) is 20.3. The molecule has 1 aliphatic heterocycles. The second-order valence-corrected chi connectivity index (χ2v) is 9.86. The lowest BCUT2D eigenvalue weighted by Gasteiger charge is -2.40. The summed E-state index contributed by atoms with van der Waals surface area (Å²) in [5.74, 6) is 1.10. The van der Waals surface area contributed by atoms with Gasteiger partial charge in [-0.05, 0) is 67.7 Å². The molecule has 2 aromatic rings. The maximum atomic E-state index is 13.9. The number of ether oxygens (including phenoxy) is 6. The molecule has 1 unspecified atom stereocenters. The van der Waals surface area contributed by atoms with E-state index in [1.807, 2.05) is 18.2 Å². The lowest BCUT2D eigenvalue weighted by molar-refractivity contribution is -0.156. The van der Waals surface area contributed by atoms with Crippen molar-refractivity contribution in [3.8, 4) is 28.7 Å². The van der Waals surface area contributed by atoms with Crippen LogP contribution in [-0.2, 0) is 20.7 Å². The summed E-state index contributed by atoms with van der Waals surface area (Å²) in [5, 5.41) is 0. The topological polar surface area (TPSA) is 113 Å². The number of methoxy groups -OCH3 is 5. The van der Waals surface area contributed by atoms with E-state index in [0.717, 1.165) is 24.0 Å². The molecule has 1 aliphatic carbocycles. The van der Waals surface area contributed by atoms with Gasteiger partial charge in [-0.3, -0.25) is 9.59 Å². The van der Waals surface area contributed by atoms with Crippen LogP contribution in [0.2, 0.25) is 0 Å². The van der Waals surface area contributed by atoms with Gasteiger partial charge in [0.05, 0.1) is 48.7 Å². The molecule has 1 fully saturated rings. The Morgan fingerprint density at radius 1 is 0.786 bits per heavy atom. The van der Waals surface area contributed by atoms with Crippen LogP contribution in [0, 0.1) is 0 Å². The number of esters is 1. The predicted molar refractivity (Wildman–Crippen MR) is 155 cm³/mol. The average Bonchev–Trinajstić information content (AvgIpc) is 3.24. The van der Waals surface area contributed by atoms with Crippen molar-refractivity contribution in [2.45, 2.75) is 32.2 Å². The van der Waals surface area contributed by atoms with Crippen molar-refractivity contribution >= 4 is 23.9 Å². The Morgan fingerprint density at radius 2 is 1.43 bits per heavy atom. The lowest BCUT2D eigenvalue weighted by atomic mass is 10.0. The standard InChI is InChI=1S/C31H38N2O9/c1-7-42-31(36)23-18-32(29(34)22-16-26(39-4)28(41-6)27(17-22)40-5)11-12-33(23)30(35)20-10-8-9-19-14-24(37-2)25(38-3)15-21(19)13-20/h13-17,23H,7-12,18H2,1-6H3. The summed E-state index contributed by atoms with van der Waals surface area (Å²) >= 11 is 0. The number of nitrogens with zero attached hydrogens (tertiary/aromatic N) is 2. The van der Waals surface area contributed by atoms with Gasteiger partial charge < -0.3 is 38.2 Å². The summed E-state index contributed by atoms with van der Waals surface area (Å²) in [6.07, 6.45) is 3.92. The summed E-state index contributed by atoms with van der Waals surface area (Å²) in [4.78, 5) is 43.8. The zero-order valence-electron chi connectivity index (χ0n) is 25.0. The van der Waals surface area contributed by atoms with Crippen molar-refractivity contribution in [3.63, 3.8) is 0 Å². The Morgan fingerprint density at radius 3 is 2.02 bits per heavy atom. The third-order valence-corrected chi connectivity index (χ3v) is 7.54. The average molecular weight is 583 g/mol. The van der Waals surface area contributed by atoms with E-state index in [0.29, 0.717) is 46.3 Å². The Labute approximate surface area is 245 Å². The molecule has 0 saturated carbocycles. The highest BCUT2D eigenvalue weighted by atomic mass is 16.5. The SMILES string of the molecule is CCOC(=O)C1CN(C(=O)c2cc(OC)c(OC)c(OC)c2)CCN1C(=O)C1=Cc2cc(OC)c(OC)cc2CCC1. The van der Waals surface area contributed by atoms with E-state index < -0.39 is 12.0 Å². The third kappa shape index (κ3) is 6.09. The molecule has 2 aromatic carbocycles. The van der Waals surface area contributed by atoms with Crippen LogP contribution < -0.4 is 23.7 Å². The van der Waals surface area contributed by atoms with Crippen LogP contribution in [0.25, 0.3) is 6.08 Å². The zero-order valence-corrected chi connectivity index (χ0v) is 25.0. The van der Waals surface area contributed by atoms with Gasteiger partial charge in [0, 0.05) is 24.2 Å². The van der Waals surface area contributed by atoms with Gasteiger partial charge in [-0.15, -0.1) is 0 Å². The quantitative estimate of drug-likeness (QED) is 0.411. The van der Waals surface area contributed by atoms with E-state index in [2.05, 4.69) is 0 Å². The maximum Gasteiger partial charge on any atom is 0.330 e. The van der Waals surface area contributed by atoms with Gasteiger partial charge in [0.1, 0.15) is 6.04 Å². The smallest absolute Gasteiger partial charge is 0.330 e. The number of carbonyl (C=O) groups is 3. The van der Waals surface area contributed by atoms with Crippen LogP contribution >= 0.6 is 0 Å². The Hall–Kier alpha value is -4.41. The van der Waals surface area contributed by atoms with Crippen LogP contribution in [0.5, 0.6) is 28.7 Å². The first-order valence-corrected chi connectivity index (χ1v) is 13.8. The lowest BCUT2D eigenvalue weighted by Crippen LogP contribution is -2.60.